The molecule has 1 aromatic carbocycles. The summed E-state index contributed by atoms with van der Waals surface area (Å²) in [6.07, 6.45) is 2.64. The van der Waals surface area contributed by atoms with E-state index >= 15 is 0 Å². The third kappa shape index (κ3) is 4.71. The molecule has 3 rings (SSSR count). The number of nitrogens with one attached hydrogen (secondary N) is 1. The van der Waals surface area contributed by atoms with Crippen LogP contribution in [0.15, 0.2) is 33.7 Å². The minimum Gasteiger partial charge on any atom is -0.481 e. The van der Waals surface area contributed by atoms with Gasteiger partial charge in [-0.3, -0.25) is 9.59 Å². The molecule has 1 aromatic heterocycles. The van der Waals surface area contributed by atoms with Gasteiger partial charge in [-0.15, -0.1) is 11.8 Å². The second-order valence-corrected chi connectivity index (χ2v) is 7.96. The molecule has 6 nitrogen and oxygen atoms in total. The van der Waals surface area contributed by atoms with Crippen LogP contribution in [-0.2, 0) is 10.5 Å². The van der Waals surface area contributed by atoms with Crippen LogP contribution in [0.5, 0.6) is 0 Å². The van der Waals surface area contributed by atoms with Crippen molar-refractivity contribution in [1.82, 2.24) is 10.5 Å². The summed E-state index contributed by atoms with van der Waals surface area (Å²) in [5.74, 6) is 0.375. The lowest BCUT2D eigenvalue weighted by atomic mass is 9.86. The predicted octanol–water partition coefficient (Wildman–Crippen LogP) is 3.96. The van der Waals surface area contributed by atoms with Gasteiger partial charge in [0.1, 0.15) is 5.76 Å². The minimum absolute atomic E-state index is 0.0359. The number of carboxylic acid groups (broad SMARTS) is 1. The molecule has 0 unspecified atom stereocenters. The fourth-order valence-electron chi connectivity index (χ4n) is 3.39. The van der Waals surface area contributed by atoms with E-state index in [9.17, 15) is 9.59 Å². The number of benzene rings is 1. The van der Waals surface area contributed by atoms with Crippen molar-refractivity contribution in [2.45, 2.75) is 56.2 Å². The van der Waals surface area contributed by atoms with Crippen LogP contribution in [0.25, 0.3) is 0 Å². The lowest BCUT2D eigenvalue weighted by Gasteiger charge is -2.27. The first-order valence-corrected chi connectivity index (χ1v) is 10.1. The average Bonchev–Trinajstić information content (AvgIpc) is 2.98. The lowest BCUT2D eigenvalue weighted by molar-refractivity contribution is -0.142. The Morgan fingerprint density at radius 3 is 2.56 bits per heavy atom. The summed E-state index contributed by atoms with van der Waals surface area (Å²) in [5.41, 5.74) is 2.58. The Kier molecular flexibility index (Phi) is 6.21. The van der Waals surface area contributed by atoms with Crippen LogP contribution in [-0.4, -0.2) is 28.2 Å². The van der Waals surface area contributed by atoms with Gasteiger partial charge < -0.3 is 14.9 Å². The largest absolute Gasteiger partial charge is 0.481 e. The van der Waals surface area contributed by atoms with Gasteiger partial charge in [-0.2, -0.15) is 0 Å². The lowest BCUT2D eigenvalue weighted by Crippen LogP contribution is -2.38. The normalized spacial score (nSPS) is 19.6. The molecule has 7 heteroatoms. The number of aliphatic carboxylic acids is 1. The zero-order chi connectivity index (χ0) is 19.4. The molecule has 0 atom stereocenters. The molecule has 2 aromatic rings. The van der Waals surface area contributed by atoms with E-state index in [1.54, 1.807) is 11.8 Å². The van der Waals surface area contributed by atoms with E-state index in [1.807, 2.05) is 38.1 Å². The zero-order valence-corrected chi connectivity index (χ0v) is 16.3. The van der Waals surface area contributed by atoms with E-state index in [0.717, 1.165) is 21.9 Å². The molecular formula is C20H24N2O4S. The Balaban J connectivity index is 1.63. The van der Waals surface area contributed by atoms with Gasteiger partial charge in [-0.05, 0) is 51.7 Å². The highest BCUT2D eigenvalue weighted by Crippen LogP contribution is 2.29. The van der Waals surface area contributed by atoms with Crippen LogP contribution < -0.4 is 5.32 Å². The van der Waals surface area contributed by atoms with Crippen LogP contribution in [0, 0.1) is 19.8 Å². The quantitative estimate of drug-likeness (QED) is 0.728. The van der Waals surface area contributed by atoms with Crippen molar-refractivity contribution in [3.63, 3.8) is 0 Å². The SMILES string of the molecule is Cc1noc(C)c1CSc1ccccc1C(=O)NC1CCC(C(=O)O)CC1. The Bertz CT molecular complexity index is 806. The molecule has 0 saturated heterocycles. The highest BCUT2D eigenvalue weighted by molar-refractivity contribution is 7.98. The Morgan fingerprint density at radius 2 is 1.93 bits per heavy atom. The van der Waals surface area contributed by atoms with Crippen molar-refractivity contribution in [1.29, 1.82) is 0 Å². The molecule has 1 aliphatic rings. The molecule has 1 fully saturated rings. The summed E-state index contributed by atoms with van der Waals surface area (Å²) in [7, 11) is 0. The van der Waals surface area contributed by atoms with Crippen LogP contribution in [0.4, 0.5) is 0 Å². The molecule has 27 heavy (non-hydrogen) atoms. The molecule has 2 N–H and O–H groups in total. The summed E-state index contributed by atoms with van der Waals surface area (Å²) in [6.45, 7) is 3.81. The van der Waals surface area contributed by atoms with Crippen molar-refractivity contribution in [2.75, 3.05) is 0 Å². The highest BCUT2D eigenvalue weighted by Gasteiger charge is 2.27. The number of thioether (sulfide) groups is 1. The fraction of sp³-hybridized carbons (Fsp3) is 0.450. The average molecular weight is 388 g/mol. The molecule has 0 spiro atoms. The van der Waals surface area contributed by atoms with Crippen molar-refractivity contribution < 1.29 is 19.2 Å². The number of rotatable bonds is 6. The van der Waals surface area contributed by atoms with Crippen LogP contribution in [0.2, 0.25) is 0 Å². The summed E-state index contributed by atoms with van der Waals surface area (Å²) >= 11 is 1.59. The topological polar surface area (TPSA) is 92.4 Å². The second-order valence-electron chi connectivity index (χ2n) is 6.95. The first kappa shape index (κ1) is 19.5. The number of carboxylic acids is 1. The first-order valence-electron chi connectivity index (χ1n) is 9.13. The third-order valence-corrected chi connectivity index (χ3v) is 6.20. The van der Waals surface area contributed by atoms with E-state index in [-0.39, 0.29) is 17.9 Å². The van der Waals surface area contributed by atoms with Gasteiger partial charge in [0.25, 0.3) is 5.91 Å². The van der Waals surface area contributed by atoms with Gasteiger partial charge in [0.05, 0.1) is 17.2 Å². The van der Waals surface area contributed by atoms with Gasteiger partial charge in [0.15, 0.2) is 0 Å². The first-order chi connectivity index (χ1) is 13.0. The van der Waals surface area contributed by atoms with Crippen molar-refractivity contribution in [3.8, 4) is 0 Å². The van der Waals surface area contributed by atoms with Crippen LogP contribution >= 0.6 is 11.8 Å². The number of carbonyl (C=O) groups is 2. The molecule has 1 saturated carbocycles. The molecule has 1 heterocycles. The maximum absolute atomic E-state index is 12.8. The van der Waals surface area contributed by atoms with Gasteiger partial charge in [-0.25, -0.2) is 0 Å². The third-order valence-electron chi connectivity index (χ3n) is 5.10. The van der Waals surface area contributed by atoms with Gasteiger partial charge in [0.2, 0.25) is 0 Å². The van der Waals surface area contributed by atoms with Crippen LogP contribution in [0.1, 0.15) is 53.1 Å². The van der Waals surface area contributed by atoms with Gasteiger partial charge in [-0.1, -0.05) is 17.3 Å². The Hall–Kier alpha value is -2.28. The van der Waals surface area contributed by atoms with Gasteiger partial charge >= 0.3 is 5.97 Å². The van der Waals surface area contributed by atoms with Crippen LogP contribution in [0.3, 0.4) is 0 Å². The fourth-order valence-corrected chi connectivity index (χ4v) is 4.59. The van der Waals surface area contributed by atoms with E-state index < -0.39 is 5.97 Å². The smallest absolute Gasteiger partial charge is 0.306 e. The number of aryl methyl sites for hydroxylation is 2. The number of aromatic nitrogens is 1. The van der Waals surface area contributed by atoms with Crippen molar-refractivity contribution in [2.24, 2.45) is 5.92 Å². The molecule has 0 aliphatic heterocycles. The Morgan fingerprint density at radius 1 is 1.22 bits per heavy atom. The zero-order valence-electron chi connectivity index (χ0n) is 15.5. The second kappa shape index (κ2) is 8.61. The summed E-state index contributed by atoms with van der Waals surface area (Å²) in [4.78, 5) is 24.7. The Labute approximate surface area is 162 Å². The maximum Gasteiger partial charge on any atom is 0.306 e. The maximum atomic E-state index is 12.8. The predicted molar refractivity (Wildman–Crippen MR) is 103 cm³/mol. The summed E-state index contributed by atoms with van der Waals surface area (Å²) < 4.78 is 5.20. The monoisotopic (exact) mass is 388 g/mol. The number of carbonyl (C=O) groups excluding carboxylic acids is 1. The molecule has 0 bridgehead atoms. The van der Waals surface area contributed by atoms with E-state index in [0.29, 0.717) is 37.0 Å². The van der Waals surface area contributed by atoms with Gasteiger partial charge in [0, 0.05) is 22.3 Å². The molecule has 144 valence electrons. The van der Waals surface area contributed by atoms with Crippen molar-refractivity contribution >= 4 is 23.6 Å². The van der Waals surface area contributed by atoms with E-state index in [1.165, 1.54) is 0 Å². The number of amides is 1. The highest BCUT2D eigenvalue weighted by atomic mass is 32.2. The summed E-state index contributed by atoms with van der Waals surface area (Å²) in [5, 5.41) is 16.1. The van der Waals surface area contributed by atoms with E-state index in [4.69, 9.17) is 9.63 Å². The molecule has 0 radical (unpaired) electrons. The summed E-state index contributed by atoms with van der Waals surface area (Å²) in [6, 6.07) is 7.59. The minimum atomic E-state index is -0.735. The number of hydrogen-bond donors (Lipinski definition) is 2. The molecule has 1 amide bonds. The molecular weight excluding hydrogens is 364 g/mol. The number of hydrogen-bond acceptors (Lipinski definition) is 5. The van der Waals surface area contributed by atoms with Crippen molar-refractivity contribution in [3.05, 3.63) is 46.8 Å². The standard InChI is InChI=1S/C20H24N2O4S/c1-12-17(13(2)26-22-12)11-27-18-6-4-3-5-16(18)19(23)21-15-9-7-14(8-10-15)20(24)25/h3-6,14-15H,7-11H2,1-2H3,(H,21,23)(H,24,25). The van der Waals surface area contributed by atoms with E-state index in [2.05, 4.69) is 10.5 Å². The number of nitrogens with zero attached hydrogens (tertiary/aromatic N) is 1. The molecule has 1 aliphatic carbocycles.